The molecule has 2 heterocycles. The Morgan fingerprint density at radius 1 is 0.683 bits per heavy atom. The molecule has 4 aliphatic rings. The summed E-state index contributed by atoms with van der Waals surface area (Å²) in [4.78, 5) is 2.38. The first kappa shape index (κ1) is 38.6. The summed E-state index contributed by atoms with van der Waals surface area (Å²) in [6, 6.07) is 0.694. The van der Waals surface area contributed by atoms with E-state index in [0.717, 1.165) is 61.9 Å². The predicted octanol–water partition coefficient (Wildman–Crippen LogP) is 11.0. The van der Waals surface area contributed by atoms with E-state index in [1.165, 1.54) is 115 Å². The van der Waals surface area contributed by atoms with Gasteiger partial charge in [-0.05, 0) is 101 Å². The number of hydrogen-bond acceptors (Lipinski definition) is 3. The second-order valence-electron chi connectivity index (χ2n) is 14.8. The number of likely N-dealkylation sites (N-methyl/N-ethyl adjacent to an activating group) is 1. The summed E-state index contributed by atoms with van der Waals surface area (Å²) in [5.41, 5.74) is 1.49. The lowest BCUT2D eigenvalue weighted by Crippen LogP contribution is -2.29. The van der Waals surface area contributed by atoms with Gasteiger partial charge in [0.05, 0.1) is 6.61 Å². The molecular weight excluding hydrogens is 502 g/mol. The SMILES string of the molecule is C=C1CC(C)CCC(CC)C1.CC1CCCC(C)CCC1.CC1CCCC(C)COC1.CCOCC1CCCN1C. The fourth-order valence-electron chi connectivity index (χ4n) is 6.87. The molecule has 5 unspecified atom stereocenters. The molecule has 41 heavy (non-hydrogen) atoms. The molecule has 2 saturated heterocycles. The lowest BCUT2D eigenvalue weighted by molar-refractivity contribution is 0.0608. The first-order valence-electron chi connectivity index (χ1n) is 18.2. The van der Waals surface area contributed by atoms with Crippen molar-refractivity contribution in [2.24, 2.45) is 35.5 Å². The second kappa shape index (κ2) is 24.0. The Morgan fingerprint density at radius 3 is 1.68 bits per heavy atom. The van der Waals surface area contributed by atoms with Crippen LogP contribution < -0.4 is 0 Å². The molecule has 2 aliphatic heterocycles. The van der Waals surface area contributed by atoms with Crippen molar-refractivity contribution in [3.05, 3.63) is 12.2 Å². The van der Waals surface area contributed by atoms with Gasteiger partial charge in [0.25, 0.3) is 0 Å². The highest BCUT2D eigenvalue weighted by Gasteiger charge is 2.20. The zero-order valence-electron chi connectivity index (χ0n) is 29.4. The lowest BCUT2D eigenvalue weighted by Gasteiger charge is -2.19. The van der Waals surface area contributed by atoms with E-state index in [2.05, 4.69) is 67.0 Å². The summed E-state index contributed by atoms with van der Waals surface area (Å²) < 4.78 is 10.8. The van der Waals surface area contributed by atoms with Crippen LogP contribution in [0.3, 0.4) is 0 Å². The van der Waals surface area contributed by atoms with Crippen LogP contribution in [0.2, 0.25) is 0 Å². The summed E-state index contributed by atoms with van der Waals surface area (Å²) in [6.07, 6.45) is 22.4. The fourth-order valence-corrected chi connectivity index (χ4v) is 6.87. The van der Waals surface area contributed by atoms with Gasteiger partial charge in [0.15, 0.2) is 0 Å². The molecule has 0 aromatic carbocycles. The monoisotopic (exact) mass is 578 g/mol. The molecule has 4 fully saturated rings. The maximum absolute atomic E-state index is 5.50. The van der Waals surface area contributed by atoms with E-state index in [1.54, 1.807) is 0 Å². The molecule has 244 valence electrons. The van der Waals surface area contributed by atoms with Gasteiger partial charge in [-0.3, -0.25) is 0 Å². The molecule has 0 N–H and O–H groups in total. The molecule has 0 amide bonds. The highest BCUT2D eigenvalue weighted by molar-refractivity contribution is 4.99. The highest BCUT2D eigenvalue weighted by atomic mass is 16.5. The van der Waals surface area contributed by atoms with Gasteiger partial charge in [-0.1, -0.05) is 111 Å². The molecule has 2 saturated carbocycles. The zero-order chi connectivity index (χ0) is 30.5. The molecule has 2 aliphatic carbocycles. The van der Waals surface area contributed by atoms with Crippen LogP contribution in [0, 0.1) is 35.5 Å². The van der Waals surface area contributed by atoms with E-state index < -0.39 is 0 Å². The quantitative estimate of drug-likeness (QED) is 0.245. The topological polar surface area (TPSA) is 21.7 Å². The average Bonchev–Trinajstić information content (AvgIpc) is 3.24. The second-order valence-corrected chi connectivity index (χ2v) is 14.8. The lowest BCUT2D eigenvalue weighted by atomic mass is 9.88. The van der Waals surface area contributed by atoms with Crippen LogP contribution in [-0.2, 0) is 9.47 Å². The third kappa shape index (κ3) is 20.3. The standard InChI is InChI=1S/C11H20.C10H20.C9H18O.C8H17NO/c1-4-11-6-5-9(2)7-10(3)8-11;1-9-5-3-7-10(2)8-4-6-9;1-8-4-3-5-9(2)7-10-6-8;1-3-10-7-8-5-4-6-9(8)2/h9,11H,3-8H2,1-2H3;9-10H,3-8H2,1-2H3;8-9H,3-7H2,1-2H3;8H,3-7H2,1-2H3. The van der Waals surface area contributed by atoms with Gasteiger partial charge in [0, 0.05) is 25.9 Å². The molecule has 0 bridgehead atoms. The summed E-state index contributed by atoms with van der Waals surface area (Å²) in [5, 5.41) is 0. The maximum atomic E-state index is 5.50. The first-order chi connectivity index (χ1) is 19.6. The van der Waals surface area contributed by atoms with Crippen LogP contribution in [0.1, 0.15) is 151 Å². The van der Waals surface area contributed by atoms with Gasteiger partial charge in [0.1, 0.15) is 0 Å². The van der Waals surface area contributed by atoms with E-state index in [1.807, 2.05) is 0 Å². The zero-order valence-corrected chi connectivity index (χ0v) is 29.4. The fraction of sp³-hybridized carbons (Fsp3) is 0.947. The molecule has 3 heteroatoms. The Kier molecular flexibility index (Phi) is 22.6. The Balaban J connectivity index is 0.000000274. The Labute approximate surface area is 259 Å². The maximum Gasteiger partial charge on any atom is 0.0621 e. The van der Waals surface area contributed by atoms with Gasteiger partial charge in [-0.25, -0.2) is 0 Å². The molecule has 0 spiro atoms. The van der Waals surface area contributed by atoms with Gasteiger partial charge in [-0.2, -0.15) is 0 Å². The van der Waals surface area contributed by atoms with Crippen molar-refractivity contribution in [1.82, 2.24) is 4.90 Å². The van der Waals surface area contributed by atoms with Crippen molar-refractivity contribution in [3.63, 3.8) is 0 Å². The van der Waals surface area contributed by atoms with Crippen molar-refractivity contribution in [3.8, 4) is 0 Å². The third-order valence-electron chi connectivity index (χ3n) is 10.0. The van der Waals surface area contributed by atoms with Gasteiger partial charge < -0.3 is 14.4 Å². The van der Waals surface area contributed by atoms with Crippen molar-refractivity contribution >= 4 is 0 Å². The Morgan fingerprint density at radius 2 is 1.22 bits per heavy atom. The first-order valence-corrected chi connectivity index (χ1v) is 18.2. The van der Waals surface area contributed by atoms with E-state index in [9.17, 15) is 0 Å². The molecule has 0 aromatic rings. The molecule has 0 aromatic heterocycles. The van der Waals surface area contributed by atoms with E-state index >= 15 is 0 Å². The molecular formula is C38H75NO2. The molecule has 4 rings (SSSR count). The minimum absolute atomic E-state index is 0.694. The van der Waals surface area contributed by atoms with Crippen LogP contribution in [0.15, 0.2) is 12.2 Å². The van der Waals surface area contributed by atoms with E-state index in [0.29, 0.717) is 6.04 Å². The van der Waals surface area contributed by atoms with Crippen LogP contribution in [0.4, 0.5) is 0 Å². The van der Waals surface area contributed by atoms with E-state index in [4.69, 9.17) is 9.47 Å². The third-order valence-corrected chi connectivity index (χ3v) is 10.0. The molecule has 5 atom stereocenters. The Bertz CT molecular complexity index is 557. The number of likely N-dealkylation sites (tertiary alicyclic amines) is 1. The predicted molar refractivity (Wildman–Crippen MR) is 182 cm³/mol. The summed E-state index contributed by atoms with van der Waals surface area (Å²) >= 11 is 0. The highest BCUT2D eigenvalue weighted by Crippen LogP contribution is 2.31. The largest absolute Gasteiger partial charge is 0.381 e. The van der Waals surface area contributed by atoms with Crippen LogP contribution in [0.5, 0.6) is 0 Å². The number of rotatable bonds is 4. The van der Waals surface area contributed by atoms with Crippen molar-refractivity contribution in [2.75, 3.05) is 40.0 Å². The van der Waals surface area contributed by atoms with Crippen molar-refractivity contribution in [2.45, 2.75) is 157 Å². The van der Waals surface area contributed by atoms with Crippen molar-refractivity contribution < 1.29 is 9.47 Å². The smallest absolute Gasteiger partial charge is 0.0621 e. The normalized spacial score (nSPS) is 33.6. The van der Waals surface area contributed by atoms with Gasteiger partial charge >= 0.3 is 0 Å². The molecule has 3 nitrogen and oxygen atoms in total. The minimum atomic E-state index is 0.694. The Hall–Kier alpha value is -0.380. The summed E-state index contributed by atoms with van der Waals surface area (Å²) in [6.45, 7) is 25.1. The number of hydrogen-bond donors (Lipinski definition) is 0. The number of allylic oxidation sites excluding steroid dienone is 1. The minimum Gasteiger partial charge on any atom is -0.381 e. The summed E-state index contributed by atoms with van der Waals surface area (Å²) in [7, 11) is 2.18. The average molecular weight is 578 g/mol. The van der Waals surface area contributed by atoms with Gasteiger partial charge in [0.2, 0.25) is 0 Å². The number of ether oxygens (including phenoxy) is 2. The van der Waals surface area contributed by atoms with Crippen molar-refractivity contribution in [1.29, 1.82) is 0 Å². The van der Waals surface area contributed by atoms with Crippen LogP contribution >= 0.6 is 0 Å². The van der Waals surface area contributed by atoms with Crippen LogP contribution in [0.25, 0.3) is 0 Å². The van der Waals surface area contributed by atoms with Crippen LogP contribution in [-0.4, -0.2) is 51.0 Å². The summed E-state index contributed by atoms with van der Waals surface area (Å²) in [5.74, 6) is 5.41. The number of nitrogens with zero attached hydrogens (tertiary/aromatic N) is 1. The van der Waals surface area contributed by atoms with Gasteiger partial charge in [-0.15, -0.1) is 0 Å². The van der Waals surface area contributed by atoms with E-state index in [-0.39, 0.29) is 0 Å². The molecule has 0 radical (unpaired) electrons.